The van der Waals surface area contributed by atoms with Gasteiger partial charge in [0.05, 0.1) is 23.0 Å². The number of hydrogen-bond acceptors (Lipinski definition) is 6. The number of benzene rings is 4. The minimum Gasteiger partial charge on any atom is -0.266 e. The minimum absolute atomic E-state index is 0.0922. The normalized spacial score (nSPS) is 21.6. The van der Waals surface area contributed by atoms with Crippen LogP contribution in [0, 0.1) is 25.7 Å². The fraction of sp³-hybridized carbons (Fsp3) is 0.250. The highest BCUT2D eigenvalue weighted by Gasteiger charge is 2.50. The van der Waals surface area contributed by atoms with Gasteiger partial charge in [-0.05, 0) is 60.4 Å². The molecule has 0 saturated carbocycles. The lowest BCUT2D eigenvalue weighted by molar-refractivity contribution is 0.104. The maximum Gasteiger partial charge on any atom is 0.296 e. The van der Waals surface area contributed by atoms with Crippen LogP contribution in [-0.2, 0) is 28.6 Å². The molecule has 0 fully saturated rings. The van der Waals surface area contributed by atoms with Crippen molar-refractivity contribution in [1.82, 2.24) is 0 Å². The van der Waals surface area contributed by atoms with Gasteiger partial charge in [-0.2, -0.15) is 16.8 Å². The van der Waals surface area contributed by atoms with E-state index in [1.165, 1.54) is 24.3 Å². The van der Waals surface area contributed by atoms with E-state index in [0.29, 0.717) is 0 Å². The summed E-state index contributed by atoms with van der Waals surface area (Å²) in [5.41, 5.74) is 6.36. The molecule has 40 heavy (non-hydrogen) atoms. The zero-order chi connectivity index (χ0) is 28.1. The van der Waals surface area contributed by atoms with Crippen molar-refractivity contribution in [3.8, 4) is 0 Å². The first-order valence-corrected chi connectivity index (χ1v) is 16.1. The van der Waals surface area contributed by atoms with E-state index >= 15 is 0 Å². The van der Waals surface area contributed by atoms with E-state index in [1.807, 2.05) is 38.1 Å². The fourth-order valence-corrected chi connectivity index (χ4v) is 8.11. The Labute approximate surface area is 235 Å². The summed E-state index contributed by atoms with van der Waals surface area (Å²) in [6.07, 6.45) is 0. The Morgan fingerprint density at radius 2 is 0.800 bits per heavy atom. The highest BCUT2D eigenvalue weighted by Crippen LogP contribution is 2.58. The van der Waals surface area contributed by atoms with E-state index in [-0.39, 0.29) is 46.7 Å². The molecule has 0 aromatic heterocycles. The lowest BCUT2D eigenvalue weighted by Gasteiger charge is -2.50. The van der Waals surface area contributed by atoms with Gasteiger partial charge in [0.15, 0.2) is 0 Å². The van der Waals surface area contributed by atoms with Gasteiger partial charge in [-0.3, -0.25) is 8.37 Å². The molecule has 0 aliphatic heterocycles. The molecule has 3 aliphatic rings. The van der Waals surface area contributed by atoms with Crippen molar-refractivity contribution in [2.75, 3.05) is 13.2 Å². The van der Waals surface area contributed by atoms with Crippen LogP contribution >= 0.6 is 0 Å². The van der Waals surface area contributed by atoms with Crippen molar-refractivity contribution in [1.29, 1.82) is 0 Å². The molecule has 3 aliphatic carbocycles. The van der Waals surface area contributed by atoms with Gasteiger partial charge in [-0.25, -0.2) is 0 Å². The molecule has 7 rings (SSSR count). The van der Waals surface area contributed by atoms with Gasteiger partial charge in [-0.1, -0.05) is 83.9 Å². The van der Waals surface area contributed by atoms with Gasteiger partial charge in [0, 0.05) is 23.7 Å². The quantitative estimate of drug-likeness (QED) is 0.242. The lowest BCUT2D eigenvalue weighted by Crippen LogP contribution is -2.44. The predicted octanol–water partition coefficient (Wildman–Crippen LogP) is 5.94. The van der Waals surface area contributed by atoms with E-state index in [0.717, 1.165) is 33.4 Å². The van der Waals surface area contributed by atoms with E-state index in [4.69, 9.17) is 8.37 Å². The molecule has 0 heterocycles. The highest BCUT2D eigenvalue weighted by molar-refractivity contribution is 7.87. The first-order chi connectivity index (χ1) is 19.2. The lowest BCUT2D eigenvalue weighted by atomic mass is 9.54. The molecule has 8 heteroatoms. The minimum atomic E-state index is -4.02. The number of fused-ring (bicyclic) bond motifs is 1. The van der Waals surface area contributed by atoms with Gasteiger partial charge in [0.1, 0.15) is 0 Å². The van der Waals surface area contributed by atoms with Crippen molar-refractivity contribution in [3.05, 3.63) is 130 Å². The summed E-state index contributed by atoms with van der Waals surface area (Å²) in [6, 6.07) is 29.3. The van der Waals surface area contributed by atoms with Crippen molar-refractivity contribution in [3.63, 3.8) is 0 Å². The van der Waals surface area contributed by atoms with Crippen LogP contribution in [0.25, 0.3) is 0 Å². The zero-order valence-corrected chi connectivity index (χ0v) is 23.9. The summed E-state index contributed by atoms with van der Waals surface area (Å²) in [7, 11) is -8.04. The summed E-state index contributed by atoms with van der Waals surface area (Å²) < 4.78 is 64.1. The van der Waals surface area contributed by atoms with Crippen LogP contribution in [0.4, 0.5) is 0 Å². The molecule has 0 saturated heterocycles. The molecule has 0 spiro atoms. The molecule has 4 aromatic rings. The fourth-order valence-electron chi connectivity index (χ4n) is 6.23. The largest absolute Gasteiger partial charge is 0.296 e. The van der Waals surface area contributed by atoms with Crippen LogP contribution in [0.2, 0.25) is 0 Å². The van der Waals surface area contributed by atoms with Gasteiger partial charge >= 0.3 is 0 Å². The third kappa shape index (κ3) is 4.79. The van der Waals surface area contributed by atoms with Gasteiger partial charge < -0.3 is 0 Å². The van der Waals surface area contributed by atoms with Crippen LogP contribution in [0.15, 0.2) is 107 Å². The van der Waals surface area contributed by atoms with E-state index in [1.54, 1.807) is 24.3 Å². The van der Waals surface area contributed by atoms with Crippen molar-refractivity contribution < 1.29 is 25.2 Å². The van der Waals surface area contributed by atoms with Crippen LogP contribution < -0.4 is 0 Å². The van der Waals surface area contributed by atoms with E-state index < -0.39 is 20.2 Å². The van der Waals surface area contributed by atoms with Crippen molar-refractivity contribution in [2.45, 2.75) is 35.5 Å². The smallest absolute Gasteiger partial charge is 0.266 e. The molecule has 2 atom stereocenters. The van der Waals surface area contributed by atoms with Crippen LogP contribution in [-0.4, -0.2) is 30.0 Å². The number of aryl methyl sites for hydroxylation is 2. The number of rotatable bonds is 8. The molecule has 0 amide bonds. The average molecular weight is 575 g/mol. The molecule has 206 valence electrons. The molecule has 0 unspecified atom stereocenters. The molecule has 2 bridgehead atoms. The first-order valence-electron chi connectivity index (χ1n) is 13.3. The topological polar surface area (TPSA) is 86.7 Å². The summed E-state index contributed by atoms with van der Waals surface area (Å²) >= 11 is 0. The molecule has 0 N–H and O–H groups in total. The van der Waals surface area contributed by atoms with Crippen LogP contribution in [0.5, 0.6) is 0 Å². The summed E-state index contributed by atoms with van der Waals surface area (Å²) in [6.45, 7) is 3.58. The Hall–Kier alpha value is -3.30. The van der Waals surface area contributed by atoms with Gasteiger partial charge in [-0.15, -0.1) is 0 Å². The summed E-state index contributed by atoms with van der Waals surface area (Å²) in [4.78, 5) is 0.184. The second kappa shape index (κ2) is 10.3. The van der Waals surface area contributed by atoms with E-state index in [9.17, 15) is 16.8 Å². The zero-order valence-electron chi connectivity index (χ0n) is 22.2. The maximum absolute atomic E-state index is 13.2. The Bertz CT molecular complexity index is 1580. The molecule has 4 aromatic carbocycles. The second-order valence-corrected chi connectivity index (χ2v) is 13.9. The van der Waals surface area contributed by atoms with Gasteiger partial charge in [0.25, 0.3) is 20.2 Å². The average Bonchev–Trinajstić information content (AvgIpc) is 2.95. The van der Waals surface area contributed by atoms with Crippen molar-refractivity contribution in [2.24, 2.45) is 11.8 Å². The Morgan fingerprint density at radius 1 is 0.500 bits per heavy atom. The Morgan fingerprint density at radius 3 is 1.10 bits per heavy atom. The van der Waals surface area contributed by atoms with E-state index in [2.05, 4.69) is 24.3 Å². The standard InChI is InChI=1S/C32H30O6S2/c1-21-11-15-23(16-12-21)39(33,34)37-19-29-30(20-38-40(35,36)24-17-13-22(2)14-18-24)32-27-9-5-3-7-25(27)31(29)26-8-4-6-10-28(26)32/h3-18,29-32H,19-20H2,1-2H3/t29-,30-,31?,32?/m1/s1. The molecule has 6 nitrogen and oxygen atoms in total. The van der Waals surface area contributed by atoms with Crippen molar-refractivity contribution >= 4 is 20.2 Å². The summed E-state index contributed by atoms with van der Waals surface area (Å²) in [5, 5.41) is 0. The molecular formula is C32H30O6S2. The molecular weight excluding hydrogens is 544 g/mol. The first kappa shape index (κ1) is 26.9. The second-order valence-electron chi connectivity index (χ2n) is 10.6. The van der Waals surface area contributed by atoms with Gasteiger partial charge in [0.2, 0.25) is 0 Å². The molecule has 0 radical (unpaired) electrons. The Kier molecular flexibility index (Phi) is 6.91. The monoisotopic (exact) mass is 574 g/mol. The van der Waals surface area contributed by atoms with Crippen LogP contribution in [0.3, 0.4) is 0 Å². The Balaban J connectivity index is 1.37. The maximum atomic E-state index is 13.2. The predicted molar refractivity (Wildman–Crippen MR) is 152 cm³/mol. The van der Waals surface area contributed by atoms with Crippen LogP contribution in [0.1, 0.15) is 45.2 Å². The number of hydrogen-bond donors (Lipinski definition) is 0. The summed E-state index contributed by atoms with van der Waals surface area (Å²) in [5.74, 6) is -0.992. The SMILES string of the molecule is Cc1ccc(S(=O)(=O)OC[C@H]2C3c4ccccc4C(c4ccccc43)[C@@H]2COS(=O)(=O)c2ccc(C)cc2)cc1. The third-order valence-corrected chi connectivity index (χ3v) is 10.8. The highest BCUT2D eigenvalue weighted by atomic mass is 32.2. The third-order valence-electron chi connectivity index (χ3n) is 8.19.